The van der Waals surface area contributed by atoms with E-state index in [9.17, 15) is 9.59 Å². The Hall–Kier alpha value is -2.85. The molecule has 1 aromatic rings. The number of carbonyl (C=O) groups excluding carboxylic acids is 2. The number of nitriles is 1. The van der Waals surface area contributed by atoms with Gasteiger partial charge in [-0.25, -0.2) is 0 Å². The molecule has 1 rings (SSSR count). The summed E-state index contributed by atoms with van der Waals surface area (Å²) in [5.41, 5.74) is 0.514. The monoisotopic (exact) mass is 318 g/mol. The predicted molar refractivity (Wildman–Crippen MR) is 82.8 cm³/mol. The molecule has 0 aliphatic rings. The van der Waals surface area contributed by atoms with Crippen LogP contribution < -0.4 is 14.8 Å². The van der Waals surface area contributed by atoms with Crippen molar-refractivity contribution in [3.05, 3.63) is 29.3 Å². The summed E-state index contributed by atoms with van der Waals surface area (Å²) in [6, 6.07) is 6.55. The molecule has 1 amide bonds. The number of hydrogen-bond donors (Lipinski definition) is 1. The van der Waals surface area contributed by atoms with Gasteiger partial charge in [-0.15, -0.1) is 0 Å². The first-order valence-corrected chi connectivity index (χ1v) is 6.77. The van der Waals surface area contributed by atoms with Crippen LogP contribution in [0.25, 0.3) is 6.08 Å². The molecule has 0 fully saturated rings. The first kappa shape index (κ1) is 18.2. The third-order valence-corrected chi connectivity index (χ3v) is 2.71. The summed E-state index contributed by atoms with van der Waals surface area (Å²) < 4.78 is 15.0. The number of ether oxygens (including phenoxy) is 3. The highest BCUT2D eigenvalue weighted by Crippen LogP contribution is 2.29. The Balaban J connectivity index is 2.98. The van der Waals surface area contributed by atoms with Gasteiger partial charge in [0, 0.05) is 20.6 Å². The summed E-state index contributed by atoms with van der Waals surface area (Å²) in [6.45, 7) is 1.95. The Morgan fingerprint density at radius 2 is 2.04 bits per heavy atom. The number of nitrogens with zero attached hydrogens (tertiary/aromatic N) is 1. The van der Waals surface area contributed by atoms with Crippen LogP contribution in [0.3, 0.4) is 0 Å². The number of methoxy groups -OCH3 is 2. The molecule has 0 aromatic heterocycles. The minimum atomic E-state index is -0.493. The molecule has 0 atom stereocenters. The minimum Gasteiger partial charge on any atom is -0.493 e. The lowest BCUT2D eigenvalue weighted by atomic mass is 10.1. The van der Waals surface area contributed by atoms with Gasteiger partial charge in [0.05, 0.1) is 13.7 Å². The molecule has 0 bridgehead atoms. The van der Waals surface area contributed by atoms with E-state index in [0.29, 0.717) is 24.5 Å². The van der Waals surface area contributed by atoms with E-state index in [-0.39, 0.29) is 11.3 Å². The van der Waals surface area contributed by atoms with Crippen molar-refractivity contribution < 1.29 is 23.8 Å². The maximum atomic E-state index is 11.9. The van der Waals surface area contributed by atoms with Crippen molar-refractivity contribution >= 4 is 18.0 Å². The molecule has 0 unspecified atom stereocenters. The number of hydrogen-bond acceptors (Lipinski definition) is 6. The summed E-state index contributed by atoms with van der Waals surface area (Å²) in [7, 11) is 2.95. The number of carbonyl (C=O) groups is 2. The molecular weight excluding hydrogens is 300 g/mol. The number of benzene rings is 1. The van der Waals surface area contributed by atoms with Gasteiger partial charge in [0.1, 0.15) is 11.6 Å². The van der Waals surface area contributed by atoms with Gasteiger partial charge in [-0.2, -0.15) is 5.26 Å². The van der Waals surface area contributed by atoms with Crippen molar-refractivity contribution in [2.24, 2.45) is 0 Å². The van der Waals surface area contributed by atoms with Crippen LogP contribution in [0.4, 0.5) is 0 Å². The number of amides is 1. The third-order valence-electron chi connectivity index (χ3n) is 2.71. The van der Waals surface area contributed by atoms with Crippen molar-refractivity contribution in [3.8, 4) is 17.6 Å². The van der Waals surface area contributed by atoms with Gasteiger partial charge in [-0.05, 0) is 23.8 Å². The summed E-state index contributed by atoms with van der Waals surface area (Å²) >= 11 is 0. The van der Waals surface area contributed by atoms with Gasteiger partial charge in [0.15, 0.2) is 11.5 Å². The zero-order chi connectivity index (χ0) is 17.2. The van der Waals surface area contributed by atoms with E-state index in [1.807, 2.05) is 6.07 Å². The maximum absolute atomic E-state index is 11.9. The Labute approximate surface area is 134 Å². The van der Waals surface area contributed by atoms with E-state index < -0.39 is 11.9 Å². The highest BCUT2D eigenvalue weighted by atomic mass is 16.6. The van der Waals surface area contributed by atoms with Crippen LogP contribution >= 0.6 is 0 Å². The molecular formula is C16H18N2O5. The molecule has 0 saturated heterocycles. The van der Waals surface area contributed by atoms with Crippen LogP contribution in [0.5, 0.6) is 11.5 Å². The number of esters is 1. The second-order valence-corrected chi connectivity index (χ2v) is 4.42. The van der Waals surface area contributed by atoms with Crippen molar-refractivity contribution in [2.75, 3.05) is 27.4 Å². The second-order valence-electron chi connectivity index (χ2n) is 4.42. The topological polar surface area (TPSA) is 97.6 Å². The van der Waals surface area contributed by atoms with Gasteiger partial charge < -0.3 is 19.5 Å². The molecule has 0 heterocycles. The van der Waals surface area contributed by atoms with E-state index in [4.69, 9.17) is 19.5 Å². The molecule has 1 N–H and O–H groups in total. The van der Waals surface area contributed by atoms with E-state index >= 15 is 0 Å². The lowest BCUT2D eigenvalue weighted by Crippen LogP contribution is -2.27. The first-order chi connectivity index (χ1) is 11.0. The molecule has 122 valence electrons. The van der Waals surface area contributed by atoms with Crippen LogP contribution in [0.1, 0.15) is 12.5 Å². The minimum absolute atomic E-state index is 0.0524. The highest BCUT2D eigenvalue weighted by Gasteiger charge is 2.11. The number of nitrogens with one attached hydrogen (secondary N) is 1. The van der Waals surface area contributed by atoms with Gasteiger partial charge in [0.2, 0.25) is 0 Å². The van der Waals surface area contributed by atoms with Crippen LogP contribution in [-0.4, -0.2) is 39.2 Å². The van der Waals surface area contributed by atoms with Gasteiger partial charge >= 0.3 is 5.97 Å². The molecule has 0 saturated carbocycles. The van der Waals surface area contributed by atoms with Crippen molar-refractivity contribution in [2.45, 2.75) is 6.92 Å². The van der Waals surface area contributed by atoms with Crippen LogP contribution in [0, 0.1) is 11.3 Å². The van der Waals surface area contributed by atoms with E-state index in [0.717, 1.165) is 0 Å². The lowest BCUT2D eigenvalue weighted by molar-refractivity contribution is -0.132. The Morgan fingerprint density at radius 1 is 1.30 bits per heavy atom. The Bertz CT molecular complexity index is 646. The summed E-state index contributed by atoms with van der Waals surface area (Å²) in [6.07, 6.45) is 1.42. The normalized spacial score (nSPS) is 10.6. The molecule has 7 nitrogen and oxygen atoms in total. The summed E-state index contributed by atoms with van der Waals surface area (Å²) in [5.74, 6) is -0.374. The second kappa shape index (κ2) is 9.23. The fourth-order valence-corrected chi connectivity index (χ4v) is 1.69. The molecule has 23 heavy (non-hydrogen) atoms. The smallest absolute Gasteiger partial charge is 0.308 e. The lowest BCUT2D eigenvalue weighted by Gasteiger charge is -2.09. The van der Waals surface area contributed by atoms with Crippen molar-refractivity contribution in [3.63, 3.8) is 0 Å². The molecule has 0 aliphatic carbocycles. The largest absolute Gasteiger partial charge is 0.493 e. The molecule has 0 spiro atoms. The zero-order valence-electron chi connectivity index (χ0n) is 13.2. The predicted octanol–water partition coefficient (Wildman–Crippen LogP) is 1.29. The van der Waals surface area contributed by atoms with E-state index in [1.165, 1.54) is 33.3 Å². The Morgan fingerprint density at radius 3 is 2.61 bits per heavy atom. The van der Waals surface area contributed by atoms with Gasteiger partial charge in [-0.3, -0.25) is 9.59 Å². The number of rotatable bonds is 7. The van der Waals surface area contributed by atoms with Crippen molar-refractivity contribution in [1.29, 1.82) is 5.26 Å². The fourth-order valence-electron chi connectivity index (χ4n) is 1.69. The van der Waals surface area contributed by atoms with Crippen LogP contribution in [0.2, 0.25) is 0 Å². The standard InChI is InChI=1S/C16H18N2O5/c1-11(19)23-14-5-4-12(9-15(14)22-3)8-13(10-17)16(20)18-6-7-21-2/h4-5,8-9H,6-7H2,1-3H3,(H,18,20)/b13-8+. The fraction of sp³-hybridized carbons (Fsp3) is 0.312. The van der Waals surface area contributed by atoms with Gasteiger partial charge in [0.25, 0.3) is 5.91 Å². The first-order valence-electron chi connectivity index (χ1n) is 6.77. The molecule has 0 radical (unpaired) electrons. The van der Waals surface area contributed by atoms with Crippen LogP contribution in [0.15, 0.2) is 23.8 Å². The average Bonchev–Trinajstić information content (AvgIpc) is 2.53. The van der Waals surface area contributed by atoms with Crippen molar-refractivity contribution in [1.82, 2.24) is 5.32 Å². The summed E-state index contributed by atoms with van der Waals surface area (Å²) in [4.78, 5) is 22.9. The maximum Gasteiger partial charge on any atom is 0.308 e. The quantitative estimate of drug-likeness (QED) is 0.267. The molecule has 1 aromatic carbocycles. The molecule has 0 aliphatic heterocycles. The van der Waals surface area contributed by atoms with Gasteiger partial charge in [-0.1, -0.05) is 6.07 Å². The van der Waals surface area contributed by atoms with E-state index in [1.54, 1.807) is 12.1 Å². The average molecular weight is 318 g/mol. The Kier molecular flexibility index (Phi) is 7.30. The SMILES string of the molecule is COCCNC(=O)/C(C#N)=C/c1ccc(OC(C)=O)c(OC)c1. The van der Waals surface area contributed by atoms with Crippen LogP contribution in [-0.2, 0) is 14.3 Å². The summed E-state index contributed by atoms with van der Waals surface area (Å²) in [5, 5.41) is 11.7. The zero-order valence-corrected chi connectivity index (χ0v) is 13.2. The van der Waals surface area contributed by atoms with E-state index in [2.05, 4.69) is 5.32 Å². The molecule has 7 heteroatoms. The highest BCUT2D eigenvalue weighted by molar-refractivity contribution is 6.01. The third kappa shape index (κ3) is 5.80.